The third-order valence-corrected chi connectivity index (χ3v) is 2.07. The Hall–Kier alpha value is -1.13. The van der Waals surface area contributed by atoms with E-state index in [-0.39, 0.29) is 0 Å². The highest BCUT2D eigenvalue weighted by Gasteiger charge is 2.11. The molecule has 0 amide bonds. The van der Waals surface area contributed by atoms with E-state index < -0.39 is 0 Å². The predicted octanol–water partition coefficient (Wildman–Crippen LogP) is 1.69. The van der Waals surface area contributed by atoms with E-state index in [2.05, 4.69) is 0 Å². The maximum atomic E-state index is 5.98. The Kier molecular flexibility index (Phi) is 4.52. The summed E-state index contributed by atoms with van der Waals surface area (Å²) in [5.74, 6) is 1.65. The van der Waals surface area contributed by atoms with Gasteiger partial charge in [0.1, 0.15) is 12.4 Å². The zero-order valence-electron chi connectivity index (χ0n) is 8.75. The quantitative estimate of drug-likeness (QED) is 0.838. The molecule has 5 heteroatoms. The predicted molar refractivity (Wildman–Crippen MR) is 59.1 cm³/mol. The summed E-state index contributed by atoms with van der Waals surface area (Å²) >= 11 is 5.98. The fourth-order valence-electron chi connectivity index (χ4n) is 1.15. The van der Waals surface area contributed by atoms with Gasteiger partial charge in [-0.25, -0.2) is 0 Å². The van der Waals surface area contributed by atoms with E-state index in [1.807, 2.05) is 0 Å². The number of hydrogen-bond acceptors (Lipinski definition) is 4. The summed E-state index contributed by atoms with van der Waals surface area (Å²) < 4.78 is 15.5. The van der Waals surface area contributed by atoms with Crippen LogP contribution in [0.5, 0.6) is 17.2 Å². The SMILES string of the molecule is COc1cc(OCCN)cc(Cl)c1OC. The summed E-state index contributed by atoms with van der Waals surface area (Å²) in [6.07, 6.45) is 0. The molecular formula is C10H14ClNO3. The Morgan fingerprint density at radius 1 is 1.27 bits per heavy atom. The first-order chi connectivity index (χ1) is 7.22. The van der Waals surface area contributed by atoms with Gasteiger partial charge in [-0.15, -0.1) is 0 Å². The van der Waals surface area contributed by atoms with Crippen molar-refractivity contribution in [1.82, 2.24) is 0 Å². The number of ether oxygens (including phenoxy) is 3. The molecule has 0 bridgehead atoms. The third kappa shape index (κ3) is 2.91. The molecule has 0 spiro atoms. The largest absolute Gasteiger partial charge is 0.493 e. The highest BCUT2D eigenvalue weighted by molar-refractivity contribution is 6.32. The fourth-order valence-corrected chi connectivity index (χ4v) is 1.43. The molecule has 1 rings (SSSR count). The van der Waals surface area contributed by atoms with E-state index in [1.165, 1.54) is 7.11 Å². The Balaban J connectivity index is 2.97. The molecule has 0 saturated carbocycles. The van der Waals surface area contributed by atoms with Crippen LogP contribution < -0.4 is 19.9 Å². The minimum absolute atomic E-state index is 0.436. The van der Waals surface area contributed by atoms with Gasteiger partial charge in [-0.05, 0) is 0 Å². The Morgan fingerprint density at radius 2 is 2.00 bits per heavy atom. The standard InChI is InChI=1S/C10H14ClNO3/c1-13-9-6-7(15-4-3-12)5-8(11)10(9)14-2/h5-6H,3-4,12H2,1-2H3. The van der Waals surface area contributed by atoms with Gasteiger partial charge in [0.2, 0.25) is 0 Å². The fraction of sp³-hybridized carbons (Fsp3) is 0.400. The van der Waals surface area contributed by atoms with Crippen LogP contribution in [0.3, 0.4) is 0 Å². The Bertz CT molecular complexity index is 331. The van der Waals surface area contributed by atoms with E-state index in [4.69, 9.17) is 31.5 Å². The second kappa shape index (κ2) is 5.68. The number of hydrogen-bond donors (Lipinski definition) is 1. The molecule has 0 atom stereocenters. The van der Waals surface area contributed by atoms with Crippen LogP contribution in [0, 0.1) is 0 Å². The van der Waals surface area contributed by atoms with Crippen LogP contribution in [0.2, 0.25) is 5.02 Å². The topological polar surface area (TPSA) is 53.7 Å². The van der Waals surface area contributed by atoms with E-state index in [0.29, 0.717) is 35.4 Å². The van der Waals surface area contributed by atoms with Gasteiger partial charge in [0, 0.05) is 18.7 Å². The van der Waals surface area contributed by atoms with Gasteiger partial charge in [-0.1, -0.05) is 11.6 Å². The number of nitrogens with two attached hydrogens (primary N) is 1. The smallest absolute Gasteiger partial charge is 0.179 e. The van der Waals surface area contributed by atoms with Crippen molar-refractivity contribution in [2.75, 3.05) is 27.4 Å². The highest BCUT2D eigenvalue weighted by atomic mass is 35.5. The van der Waals surface area contributed by atoms with Crippen molar-refractivity contribution in [3.8, 4) is 17.2 Å². The molecule has 0 saturated heterocycles. The van der Waals surface area contributed by atoms with Crippen LogP contribution in [-0.4, -0.2) is 27.4 Å². The Labute approximate surface area is 93.9 Å². The number of rotatable bonds is 5. The molecule has 0 fully saturated rings. The van der Waals surface area contributed by atoms with Gasteiger partial charge >= 0.3 is 0 Å². The van der Waals surface area contributed by atoms with Gasteiger partial charge in [0.25, 0.3) is 0 Å². The first kappa shape index (κ1) is 11.9. The van der Waals surface area contributed by atoms with Crippen molar-refractivity contribution in [1.29, 1.82) is 0 Å². The Morgan fingerprint density at radius 3 is 2.53 bits per heavy atom. The van der Waals surface area contributed by atoms with Crippen molar-refractivity contribution in [3.63, 3.8) is 0 Å². The summed E-state index contributed by atoms with van der Waals surface area (Å²) in [6, 6.07) is 3.37. The highest BCUT2D eigenvalue weighted by Crippen LogP contribution is 2.38. The minimum Gasteiger partial charge on any atom is -0.493 e. The lowest BCUT2D eigenvalue weighted by Crippen LogP contribution is -2.10. The van der Waals surface area contributed by atoms with Crippen LogP contribution in [0.15, 0.2) is 12.1 Å². The first-order valence-electron chi connectivity index (χ1n) is 4.47. The average Bonchev–Trinajstić information content (AvgIpc) is 2.25. The molecule has 0 aliphatic heterocycles. The van der Waals surface area contributed by atoms with Crippen LogP contribution in [-0.2, 0) is 0 Å². The molecule has 4 nitrogen and oxygen atoms in total. The summed E-state index contributed by atoms with van der Waals surface area (Å²) in [5, 5.41) is 0.448. The lowest BCUT2D eigenvalue weighted by atomic mass is 10.3. The molecule has 84 valence electrons. The molecule has 0 heterocycles. The van der Waals surface area contributed by atoms with E-state index in [9.17, 15) is 0 Å². The number of halogens is 1. The van der Waals surface area contributed by atoms with Crippen molar-refractivity contribution >= 4 is 11.6 Å². The summed E-state index contributed by atoms with van der Waals surface area (Å²) in [5.41, 5.74) is 5.33. The monoisotopic (exact) mass is 231 g/mol. The zero-order valence-corrected chi connectivity index (χ0v) is 9.50. The third-order valence-electron chi connectivity index (χ3n) is 1.79. The second-order valence-electron chi connectivity index (χ2n) is 2.78. The first-order valence-corrected chi connectivity index (χ1v) is 4.85. The summed E-state index contributed by atoms with van der Waals surface area (Å²) in [4.78, 5) is 0. The van der Waals surface area contributed by atoms with Crippen molar-refractivity contribution in [3.05, 3.63) is 17.2 Å². The maximum Gasteiger partial charge on any atom is 0.179 e. The lowest BCUT2D eigenvalue weighted by Gasteiger charge is -2.12. The zero-order chi connectivity index (χ0) is 11.3. The van der Waals surface area contributed by atoms with Crippen molar-refractivity contribution in [2.24, 2.45) is 5.73 Å². The molecule has 0 unspecified atom stereocenters. The molecule has 1 aromatic rings. The van der Waals surface area contributed by atoms with Crippen molar-refractivity contribution in [2.45, 2.75) is 0 Å². The maximum absolute atomic E-state index is 5.98. The van der Waals surface area contributed by atoms with Gasteiger partial charge in [0.15, 0.2) is 11.5 Å². The van der Waals surface area contributed by atoms with Crippen LogP contribution >= 0.6 is 11.6 Å². The van der Waals surface area contributed by atoms with Gasteiger partial charge in [-0.3, -0.25) is 0 Å². The average molecular weight is 232 g/mol. The van der Waals surface area contributed by atoms with Gasteiger partial charge in [0.05, 0.1) is 19.2 Å². The van der Waals surface area contributed by atoms with Crippen molar-refractivity contribution < 1.29 is 14.2 Å². The van der Waals surface area contributed by atoms with E-state index in [1.54, 1.807) is 19.2 Å². The van der Waals surface area contributed by atoms with Crippen LogP contribution in [0.1, 0.15) is 0 Å². The molecule has 0 aliphatic rings. The van der Waals surface area contributed by atoms with Crippen LogP contribution in [0.25, 0.3) is 0 Å². The lowest BCUT2D eigenvalue weighted by molar-refractivity contribution is 0.319. The molecule has 1 aromatic carbocycles. The molecule has 15 heavy (non-hydrogen) atoms. The summed E-state index contributed by atoms with van der Waals surface area (Å²) in [6.45, 7) is 0.887. The van der Waals surface area contributed by atoms with Gasteiger partial charge < -0.3 is 19.9 Å². The second-order valence-corrected chi connectivity index (χ2v) is 3.18. The number of methoxy groups -OCH3 is 2. The molecule has 2 N–H and O–H groups in total. The van der Waals surface area contributed by atoms with E-state index >= 15 is 0 Å². The van der Waals surface area contributed by atoms with E-state index in [0.717, 1.165) is 0 Å². The van der Waals surface area contributed by atoms with Gasteiger partial charge in [-0.2, -0.15) is 0 Å². The van der Waals surface area contributed by atoms with Crippen LogP contribution in [0.4, 0.5) is 0 Å². The molecule has 0 aromatic heterocycles. The number of benzene rings is 1. The minimum atomic E-state index is 0.436. The molecule has 0 radical (unpaired) electrons. The summed E-state index contributed by atoms with van der Waals surface area (Å²) in [7, 11) is 3.07. The normalized spacial score (nSPS) is 9.87. The molecular weight excluding hydrogens is 218 g/mol. The molecule has 0 aliphatic carbocycles.